The van der Waals surface area contributed by atoms with Crippen molar-refractivity contribution >= 4 is 17.5 Å². The van der Waals surface area contributed by atoms with Crippen LogP contribution in [0.25, 0.3) is 0 Å². The zero-order chi connectivity index (χ0) is 17.8. The lowest BCUT2D eigenvalue weighted by Crippen LogP contribution is -2.16. The van der Waals surface area contributed by atoms with Crippen LogP contribution in [0.2, 0.25) is 0 Å². The summed E-state index contributed by atoms with van der Waals surface area (Å²) in [4.78, 5) is 21.2. The Morgan fingerprint density at radius 2 is 1.73 bits per heavy atom. The fourth-order valence-corrected chi connectivity index (χ4v) is 2.83. The lowest BCUT2D eigenvalue weighted by Gasteiger charge is -2.10. The van der Waals surface area contributed by atoms with Crippen molar-refractivity contribution < 1.29 is 9.53 Å². The van der Waals surface area contributed by atoms with E-state index in [9.17, 15) is 4.79 Å². The van der Waals surface area contributed by atoms with E-state index in [0.717, 1.165) is 11.1 Å². The smallest absolute Gasteiger partial charge is 0.274 e. The summed E-state index contributed by atoms with van der Waals surface area (Å²) >= 11 is 0. The minimum atomic E-state index is -0.267. The second kappa shape index (κ2) is 7.19. The first-order valence-electron chi connectivity index (χ1n) is 8.38. The minimum absolute atomic E-state index is 0.0363. The number of aromatic nitrogens is 1. The van der Waals surface area contributed by atoms with Crippen LogP contribution in [-0.2, 0) is 4.74 Å². The first-order valence-corrected chi connectivity index (χ1v) is 8.38. The first-order chi connectivity index (χ1) is 12.8. The number of pyridine rings is 1. The van der Waals surface area contributed by atoms with Gasteiger partial charge >= 0.3 is 0 Å². The molecule has 1 aliphatic heterocycles. The highest BCUT2D eigenvalue weighted by Crippen LogP contribution is 2.27. The molecular formula is C21H17N3O2. The Morgan fingerprint density at radius 3 is 2.54 bits per heavy atom. The Hall–Kier alpha value is -3.47. The van der Waals surface area contributed by atoms with Crippen LogP contribution in [0.5, 0.6) is 0 Å². The number of ether oxygens (including phenoxy) is 1. The number of para-hydroxylation sites is 1. The predicted molar refractivity (Wildman–Crippen MR) is 100 cm³/mol. The summed E-state index contributed by atoms with van der Waals surface area (Å²) in [5.41, 5.74) is 2.88. The lowest BCUT2D eigenvalue weighted by molar-refractivity contribution is 0.102. The van der Waals surface area contributed by atoms with E-state index in [0.29, 0.717) is 23.9 Å². The molecule has 1 aromatic heterocycles. The molecule has 0 radical (unpaired) electrons. The number of nitrogens with one attached hydrogen (secondary N) is 1. The number of carbonyl (C=O) groups is 1. The molecule has 3 aromatic rings. The fourth-order valence-electron chi connectivity index (χ4n) is 2.83. The molecule has 5 heteroatoms. The molecule has 0 aliphatic carbocycles. The second-order valence-corrected chi connectivity index (χ2v) is 5.89. The van der Waals surface area contributed by atoms with E-state index in [1.54, 1.807) is 24.4 Å². The summed E-state index contributed by atoms with van der Waals surface area (Å²) in [6.45, 7) is 0.488. The number of rotatable bonds is 4. The molecule has 2 heterocycles. The SMILES string of the molecule is O=C(Nc1ccccc1C1=N[C@@H](c2ccccc2)CO1)c1ccccn1. The van der Waals surface area contributed by atoms with Gasteiger partial charge in [0.05, 0.1) is 11.3 Å². The molecule has 0 unspecified atom stereocenters. The van der Waals surface area contributed by atoms with Crippen molar-refractivity contribution in [3.05, 3.63) is 95.8 Å². The van der Waals surface area contributed by atoms with E-state index in [4.69, 9.17) is 9.73 Å². The average molecular weight is 343 g/mol. The maximum Gasteiger partial charge on any atom is 0.274 e. The average Bonchev–Trinajstić information content (AvgIpc) is 3.20. The quantitative estimate of drug-likeness (QED) is 0.782. The third kappa shape index (κ3) is 3.32. The molecule has 0 fully saturated rings. The maximum absolute atomic E-state index is 12.4. The third-order valence-electron chi connectivity index (χ3n) is 4.14. The predicted octanol–water partition coefficient (Wildman–Crippen LogP) is 3.85. The molecule has 0 spiro atoms. The summed E-state index contributed by atoms with van der Waals surface area (Å²) in [6.07, 6.45) is 1.59. The van der Waals surface area contributed by atoms with Gasteiger partial charge < -0.3 is 10.1 Å². The lowest BCUT2D eigenvalue weighted by atomic mass is 10.1. The van der Waals surface area contributed by atoms with Crippen molar-refractivity contribution in [1.29, 1.82) is 0 Å². The zero-order valence-electron chi connectivity index (χ0n) is 14.0. The Morgan fingerprint density at radius 1 is 0.962 bits per heavy atom. The standard InChI is InChI=1S/C21H17N3O2/c25-20(18-12-6-7-13-22-18)23-17-11-5-4-10-16(17)21-24-19(14-26-21)15-8-2-1-3-9-15/h1-13,19H,14H2,(H,23,25)/t19-/m1/s1. The Balaban J connectivity index is 1.59. The number of carbonyl (C=O) groups excluding carboxylic acids is 1. The van der Waals surface area contributed by atoms with Crippen LogP contribution in [0.1, 0.15) is 27.7 Å². The molecule has 1 atom stereocenters. The number of aliphatic imine (C=N–C) groups is 1. The normalized spacial score (nSPS) is 15.8. The van der Waals surface area contributed by atoms with E-state index in [2.05, 4.69) is 10.3 Å². The molecule has 26 heavy (non-hydrogen) atoms. The van der Waals surface area contributed by atoms with Crippen molar-refractivity contribution in [2.45, 2.75) is 6.04 Å². The third-order valence-corrected chi connectivity index (χ3v) is 4.14. The van der Waals surface area contributed by atoms with Crippen LogP contribution in [0.3, 0.4) is 0 Å². The van der Waals surface area contributed by atoms with Gasteiger partial charge in [-0.1, -0.05) is 48.5 Å². The van der Waals surface area contributed by atoms with Crippen LogP contribution < -0.4 is 5.32 Å². The van der Waals surface area contributed by atoms with E-state index >= 15 is 0 Å². The van der Waals surface area contributed by atoms with E-state index < -0.39 is 0 Å². The highest BCUT2D eigenvalue weighted by atomic mass is 16.5. The molecule has 0 bridgehead atoms. The molecule has 1 amide bonds. The molecule has 0 saturated heterocycles. The summed E-state index contributed by atoms with van der Waals surface area (Å²) < 4.78 is 5.82. The van der Waals surface area contributed by atoms with E-state index in [1.807, 2.05) is 54.6 Å². The number of hydrogen-bond acceptors (Lipinski definition) is 4. The number of benzene rings is 2. The monoisotopic (exact) mass is 343 g/mol. The molecule has 1 aliphatic rings. The van der Waals surface area contributed by atoms with Crippen molar-refractivity contribution in [1.82, 2.24) is 4.98 Å². The Kier molecular flexibility index (Phi) is 4.43. The van der Waals surface area contributed by atoms with Gasteiger partial charge in [0, 0.05) is 6.20 Å². The Bertz CT molecular complexity index is 940. The summed E-state index contributed by atoms with van der Waals surface area (Å²) in [5.74, 6) is 0.270. The molecule has 5 nitrogen and oxygen atoms in total. The van der Waals surface area contributed by atoms with Crippen molar-refractivity contribution in [2.75, 3.05) is 11.9 Å². The molecule has 1 N–H and O–H groups in total. The maximum atomic E-state index is 12.4. The topological polar surface area (TPSA) is 63.6 Å². The zero-order valence-corrected chi connectivity index (χ0v) is 14.0. The van der Waals surface area contributed by atoms with Crippen LogP contribution in [0.4, 0.5) is 5.69 Å². The largest absolute Gasteiger partial charge is 0.475 e. The van der Waals surface area contributed by atoms with Crippen LogP contribution in [0, 0.1) is 0 Å². The summed E-state index contributed by atoms with van der Waals surface area (Å²) in [7, 11) is 0. The highest BCUT2D eigenvalue weighted by molar-refractivity contribution is 6.08. The number of nitrogens with zero attached hydrogens (tertiary/aromatic N) is 2. The summed E-state index contributed by atoms with van der Waals surface area (Å²) in [5, 5.41) is 2.90. The summed E-state index contributed by atoms with van der Waals surface area (Å²) in [6, 6.07) is 22.7. The van der Waals surface area contributed by atoms with Gasteiger partial charge in [-0.05, 0) is 29.8 Å². The van der Waals surface area contributed by atoms with Crippen LogP contribution in [0.15, 0.2) is 84.0 Å². The van der Waals surface area contributed by atoms with Gasteiger partial charge in [-0.25, -0.2) is 4.99 Å². The number of hydrogen-bond donors (Lipinski definition) is 1. The second-order valence-electron chi connectivity index (χ2n) is 5.89. The molecule has 128 valence electrons. The van der Waals surface area contributed by atoms with E-state index in [1.165, 1.54) is 0 Å². The molecule has 4 rings (SSSR count). The van der Waals surface area contributed by atoms with Gasteiger partial charge in [0.2, 0.25) is 5.90 Å². The highest BCUT2D eigenvalue weighted by Gasteiger charge is 2.23. The minimum Gasteiger partial charge on any atom is -0.475 e. The number of amides is 1. The van der Waals surface area contributed by atoms with Gasteiger partial charge in [-0.3, -0.25) is 9.78 Å². The van der Waals surface area contributed by atoms with Gasteiger partial charge in [-0.15, -0.1) is 0 Å². The van der Waals surface area contributed by atoms with Crippen LogP contribution >= 0.6 is 0 Å². The van der Waals surface area contributed by atoms with Crippen molar-refractivity contribution in [2.24, 2.45) is 4.99 Å². The molecular weight excluding hydrogens is 326 g/mol. The first kappa shape index (κ1) is 16.0. The van der Waals surface area contributed by atoms with Gasteiger partial charge in [0.15, 0.2) is 0 Å². The van der Waals surface area contributed by atoms with Gasteiger partial charge in [0.25, 0.3) is 5.91 Å². The molecule has 2 aromatic carbocycles. The van der Waals surface area contributed by atoms with Gasteiger partial charge in [0.1, 0.15) is 18.3 Å². The number of anilines is 1. The van der Waals surface area contributed by atoms with Crippen molar-refractivity contribution in [3.63, 3.8) is 0 Å². The Labute approximate surface area is 151 Å². The van der Waals surface area contributed by atoms with Gasteiger partial charge in [-0.2, -0.15) is 0 Å². The molecule has 0 saturated carbocycles. The van der Waals surface area contributed by atoms with E-state index in [-0.39, 0.29) is 11.9 Å². The van der Waals surface area contributed by atoms with Crippen molar-refractivity contribution in [3.8, 4) is 0 Å². The fraction of sp³-hybridized carbons (Fsp3) is 0.0952. The van der Waals surface area contributed by atoms with Crippen LogP contribution in [-0.4, -0.2) is 23.4 Å².